The maximum atomic E-state index is 4.56. The maximum absolute atomic E-state index is 4.56. The van der Waals surface area contributed by atoms with Crippen LogP contribution < -0.4 is 0 Å². The third-order valence-corrected chi connectivity index (χ3v) is 5.44. The van der Waals surface area contributed by atoms with Crippen molar-refractivity contribution < 1.29 is 0 Å². The smallest absolute Gasteiger partial charge is 0.0929 e. The molecule has 1 aliphatic rings. The molecule has 24 heavy (non-hydrogen) atoms. The number of nitrogens with zero attached hydrogens (tertiary/aromatic N) is 2. The van der Waals surface area contributed by atoms with E-state index in [0.717, 1.165) is 18.0 Å². The first kappa shape index (κ1) is 17.1. The van der Waals surface area contributed by atoms with Crippen molar-refractivity contribution in [3.8, 4) is 11.3 Å². The van der Waals surface area contributed by atoms with Gasteiger partial charge >= 0.3 is 0 Å². The van der Waals surface area contributed by atoms with Crippen molar-refractivity contribution in [1.82, 2.24) is 10.2 Å². The maximum Gasteiger partial charge on any atom is 0.0929 e. The predicted octanol–water partition coefficient (Wildman–Crippen LogP) is 6.17. The lowest BCUT2D eigenvalue weighted by Crippen LogP contribution is -2.14. The highest BCUT2D eigenvalue weighted by atomic mass is 15.1. The molecule has 0 bridgehead atoms. The minimum absolute atomic E-state index is 0.617. The molecule has 0 atom stereocenters. The van der Waals surface area contributed by atoms with Gasteiger partial charge in [-0.3, -0.25) is 0 Å². The molecule has 128 valence electrons. The highest BCUT2D eigenvalue weighted by molar-refractivity contribution is 5.58. The molecule has 1 aliphatic carbocycles. The Hall–Kier alpha value is -1.70. The van der Waals surface area contributed by atoms with E-state index in [2.05, 4.69) is 60.4 Å². The standard InChI is InChI=1S/C22H30N2/c1-3-5-17-7-11-19(12-8-17)21-15-16-22(24-23-21)20-13-9-18(6-4-2)10-14-20/h7-8,11-12,15-16,18,20H,3-6,9-10,13-14H2,1-2H3/t18-,20-. The van der Waals surface area contributed by atoms with Crippen LogP contribution in [0.15, 0.2) is 36.4 Å². The molecule has 2 nitrogen and oxygen atoms in total. The van der Waals surface area contributed by atoms with Crippen molar-refractivity contribution in [2.75, 3.05) is 0 Å². The summed E-state index contributed by atoms with van der Waals surface area (Å²) in [6.45, 7) is 4.51. The van der Waals surface area contributed by atoms with Gasteiger partial charge in [-0.15, -0.1) is 0 Å². The molecule has 0 N–H and O–H groups in total. The number of benzene rings is 1. The van der Waals surface area contributed by atoms with Crippen molar-refractivity contribution in [1.29, 1.82) is 0 Å². The van der Waals surface area contributed by atoms with Gasteiger partial charge in [0.15, 0.2) is 0 Å². The van der Waals surface area contributed by atoms with Crippen molar-refractivity contribution in [2.24, 2.45) is 5.92 Å². The van der Waals surface area contributed by atoms with Gasteiger partial charge in [0.1, 0.15) is 0 Å². The second kappa shape index (κ2) is 8.41. The molecule has 0 unspecified atom stereocenters. The number of aromatic nitrogens is 2. The first-order chi connectivity index (χ1) is 11.8. The van der Waals surface area contributed by atoms with Gasteiger partial charge < -0.3 is 0 Å². The fourth-order valence-electron chi connectivity index (χ4n) is 4.00. The van der Waals surface area contributed by atoms with Crippen LogP contribution in [0.4, 0.5) is 0 Å². The molecule has 1 aromatic heterocycles. The number of rotatable bonds is 6. The summed E-state index contributed by atoms with van der Waals surface area (Å²) in [6, 6.07) is 13.1. The van der Waals surface area contributed by atoms with Crippen LogP contribution in [0, 0.1) is 5.92 Å². The summed E-state index contributed by atoms with van der Waals surface area (Å²) in [5.41, 5.74) is 4.74. The van der Waals surface area contributed by atoms with Gasteiger partial charge in [0, 0.05) is 11.5 Å². The molecular weight excluding hydrogens is 292 g/mol. The SMILES string of the molecule is CCCc1ccc(-c2ccc([C@H]3CC[C@H](CCC)CC3)nn2)cc1. The summed E-state index contributed by atoms with van der Waals surface area (Å²) in [6.07, 6.45) is 10.3. The minimum Gasteiger partial charge on any atom is -0.155 e. The summed E-state index contributed by atoms with van der Waals surface area (Å²) < 4.78 is 0. The Bertz CT molecular complexity index is 607. The second-order valence-electron chi connectivity index (χ2n) is 7.30. The molecular formula is C22H30N2. The quantitative estimate of drug-likeness (QED) is 0.635. The van der Waals surface area contributed by atoms with E-state index in [4.69, 9.17) is 0 Å². The third kappa shape index (κ3) is 4.23. The van der Waals surface area contributed by atoms with E-state index in [0.29, 0.717) is 5.92 Å². The lowest BCUT2D eigenvalue weighted by molar-refractivity contribution is 0.304. The number of hydrogen-bond donors (Lipinski definition) is 0. The number of hydrogen-bond acceptors (Lipinski definition) is 2. The largest absolute Gasteiger partial charge is 0.155 e. The molecule has 2 aromatic rings. The van der Waals surface area contributed by atoms with Crippen molar-refractivity contribution in [2.45, 2.75) is 71.1 Å². The van der Waals surface area contributed by atoms with Gasteiger partial charge in [0.2, 0.25) is 0 Å². The van der Waals surface area contributed by atoms with Gasteiger partial charge in [-0.1, -0.05) is 57.4 Å². The normalized spacial score (nSPS) is 20.9. The first-order valence-electron chi connectivity index (χ1n) is 9.73. The zero-order valence-electron chi connectivity index (χ0n) is 15.2. The van der Waals surface area contributed by atoms with E-state index < -0.39 is 0 Å². The average Bonchev–Trinajstić information content (AvgIpc) is 2.64. The predicted molar refractivity (Wildman–Crippen MR) is 101 cm³/mol. The Morgan fingerprint density at radius 3 is 2.17 bits per heavy atom. The van der Waals surface area contributed by atoms with Crippen LogP contribution in [0.25, 0.3) is 11.3 Å². The molecule has 0 amide bonds. The molecule has 0 radical (unpaired) electrons. The summed E-state index contributed by atoms with van der Waals surface area (Å²) in [4.78, 5) is 0. The number of aryl methyl sites for hydroxylation is 1. The summed E-state index contributed by atoms with van der Waals surface area (Å²) in [5, 5.41) is 9.06. The molecule has 1 saturated carbocycles. The summed E-state index contributed by atoms with van der Waals surface area (Å²) in [5.74, 6) is 1.56. The highest BCUT2D eigenvalue weighted by Crippen LogP contribution is 2.36. The summed E-state index contributed by atoms with van der Waals surface area (Å²) in [7, 11) is 0. The zero-order chi connectivity index (χ0) is 16.8. The van der Waals surface area contributed by atoms with Crippen LogP contribution in [0.1, 0.15) is 76.0 Å². The molecule has 0 aliphatic heterocycles. The lowest BCUT2D eigenvalue weighted by atomic mass is 9.79. The second-order valence-corrected chi connectivity index (χ2v) is 7.30. The van der Waals surface area contributed by atoms with E-state index in [1.54, 1.807) is 0 Å². The molecule has 1 fully saturated rings. The van der Waals surface area contributed by atoms with Crippen LogP contribution in [0.5, 0.6) is 0 Å². The molecule has 0 spiro atoms. The van der Waals surface area contributed by atoms with Crippen molar-refractivity contribution >= 4 is 0 Å². The fourth-order valence-corrected chi connectivity index (χ4v) is 4.00. The fraction of sp³-hybridized carbons (Fsp3) is 0.545. The minimum atomic E-state index is 0.617. The van der Waals surface area contributed by atoms with Crippen LogP contribution in [-0.4, -0.2) is 10.2 Å². The van der Waals surface area contributed by atoms with Crippen molar-refractivity contribution in [3.63, 3.8) is 0 Å². The Labute approximate surface area is 146 Å². The van der Waals surface area contributed by atoms with E-state index in [1.807, 2.05) is 0 Å². The van der Waals surface area contributed by atoms with Crippen LogP contribution >= 0.6 is 0 Å². The Balaban J connectivity index is 1.63. The monoisotopic (exact) mass is 322 g/mol. The van der Waals surface area contributed by atoms with E-state index in [9.17, 15) is 0 Å². The molecule has 2 heteroatoms. The first-order valence-corrected chi connectivity index (χ1v) is 9.73. The topological polar surface area (TPSA) is 25.8 Å². The Morgan fingerprint density at radius 1 is 0.833 bits per heavy atom. The van der Waals surface area contributed by atoms with Crippen LogP contribution in [0.2, 0.25) is 0 Å². The molecule has 0 saturated heterocycles. The van der Waals surface area contributed by atoms with Crippen LogP contribution in [-0.2, 0) is 6.42 Å². The Kier molecular flexibility index (Phi) is 6.01. The van der Waals surface area contributed by atoms with E-state index in [-0.39, 0.29) is 0 Å². The molecule has 1 aromatic carbocycles. The molecule has 3 rings (SSSR count). The summed E-state index contributed by atoms with van der Waals surface area (Å²) >= 11 is 0. The molecule has 1 heterocycles. The highest BCUT2D eigenvalue weighted by Gasteiger charge is 2.23. The zero-order valence-corrected chi connectivity index (χ0v) is 15.2. The van der Waals surface area contributed by atoms with Crippen molar-refractivity contribution in [3.05, 3.63) is 47.7 Å². The lowest BCUT2D eigenvalue weighted by Gasteiger charge is -2.27. The van der Waals surface area contributed by atoms with Gasteiger partial charge in [0.25, 0.3) is 0 Å². The average molecular weight is 322 g/mol. The van der Waals surface area contributed by atoms with E-state index in [1.165, 1.54) is 61.8 Å². The Morgan fingerprint density at radius 2 is 1.58 bits per heavy atom. The van der Waals surface area contributed by atoms with Gasteiger partial charge in [-0.2, -0.15) is 10.2 Å². The van der Waals surface area contributed by atoms with E-state index >= 15 is 0 Å². The van der Waals surface area contributed by atoms with Gasteiger partial charge in [0.05, 0.1) is 11.4 Å². The van der Waals surface area contributed by atoms with Gasteiger partial charge in [-0.05, 0) is 55.7 Å². The van der Waals surface area contributed by atoms with Gasteiger partial charge in [-0.25, -0.2) is 0 Å². The van der Waals surface area contributed by atoms with Crippen LogP contribution in [0.3, 0.4) is 0 Å². The third-order valence-electron chi connectivity index (χ3n) is 5.44.